The van der Waals surface area contributed by atoms with Crippen molar-refractivity contribution in [3.8, 4) is 11.5 Å². The molecule has 1 amide bonds. The van der Waals surface area contributed by atoms with Gasteiger partial charge in [-0.25, -0.2) is 4.98 Å². The van der Waals surface area contributed by atoms with Gasteiger partial charge >= 0.3 is 0 Å². The first-order valence-electron chi connectivity index (χ1n) is 7.71. The van der Waals surface area contributed by atoms with Gasteiger partial charge in [0.1, 0.15) is 5.82 Å². The number of aromatic nitrogens is 1. The summed E-state index contributed by atoms with van der Waals surface area (Å²) in [6.07, 6.45) is 1.63. The molecule has 4 rings (SSSR count). The Labute approximate surface area is 148 Å². The van der Waals surface area contributed by atoms with Crippen LogP contribution >= 0.6 is 11.3 Å². The zero-order valence-corrected chi connectivity index (χ0v) is 14.0. The Morgan fingerprint density at radius 2 is 2.08 bits per heavy atom. The molecule has 0 saturated heterocycles. The Hall–Kier alpha value is -3.06. The third kappa shape index (κ3) is 3.56. The highest BCUT2D eigenvalue weighted by molar-refractivity contribution is 7.12. The van der Waals surface area contributed by atoms with E-state index < -0.39 is 0 Å². The standard InChI is InChI=1S/C18H15N3O3S/c22-18(16-2-1-7-25-16)21-13-4-6-17(20-10-13)19-9-12-3-5-14-15(8-12)24-11-23-14/h1-8,10H,9,11H2,(H,19,20)(H,21,22). The average molecular weight is 353 g/mol. The predicted octanol–water partition coefficient (Wildman–Crippen LogP) is 3.74. The van der Waals surface area contributed by atoms with Gasteiger partial charge in [0.2, 0.25) is 6.79 Å². The van der Waals surface area contributed by atoms with E-state index in [1.807, 2.05) is 41.8 Å². The topological polar surface area (TPSA) is 72.5 Å². The molecule has 3 heterocycles. The lowest BCUT2D eigenvalue weighted by Crippen LogP contribution is -2.10. The number of anilines is 2. The molecular formula is C18H15N3O3S. The van der Waals surface area contributed by atoms with E-state index in [0.29, 0.717) is 17.1 Å². The van der Waals surface area contributed by atoms with Crippen LogP contribution in [0.5, 0.6) is 11.5 Å². The summed E-state index contributed by atoms with van der Waals surface area (Å²) in [5, 5.41) is 7.94. The quantitative estimate of drug-likeness (QED) is 0.731. The maximum absolute atomic E-state index is 12.0. The minimum Gasteiger partial charge on any atom is -0.454 e. The van der Waals surface area contributed by atoms with Gasteiger partial charge in [-0.3, -0.25) is 4.79 Å². The first-order chi connectivity index (χ1) is 12.3. The van der Waals surface area contributed by atoms with Gasteiger partial charge in [0, 0.05) is 6.54 Å². The monoisotopic (exact) mass is 353 g/mol. The predicted molar refractivity (Wildman–Crippen MR) is 96.4 cm³/mol. The van der Waals surface area contributed by atoms with Crippen LogP contribution in [0, 0.1) is 0 Å². The normalized spacial score (nSPS) is 12.0. The fourth-order valence-electron chi connectivity index (χ4n) is 2.42. The van der Waals surface area contributed by atoms with Crippen LogP contribution in [-0.2, 0) is 6.54 Å². The highest BCUT2D eigenvalue weighted by atomic mass is 32.1. The number of rotatable bonds is 5. The summed E-state index contributed by atoms with van der Waals surface area (Å²) in [5.74, 6) is 2.14. The largest absolute Gasteiger partial charge is 0.454 e. The van der Waals surface area contributed by atoms with Gasteiger partial charge in [0.15, 0.2) is 11.5 Å². The number of nitrogens with one attached hydrogen (secondary N) is 2. The van der Waals surface area contributed by atoms with Crippen LogP contribution in [0.3, 0.4) is 0 Å². The molecule has 0 unspecified atom stereocenters. The Morgan fingerprint density at radius 3 is 2.88 bits per heavy atom. The number of amides is 1. The molecule has 25 heavy (non-hydrogen) atoms. The first-order valence-corrected chi connectivity index (χ1v) is 8.59. The van der Waals surface area contributed by atoms with Crippen LogP contribution in [-0.4, -0.2) is 17.7 Å². The number of benzene rings is 1. The lowest BCUT2D eigenvalue weighted by Gasteiger charge is -2.08. The first kappa shape index (κ1) is 15.5. The summed E-state index contributed by atoms with van der Waals surface area (Å²) in [4.78, 5) is 17.0. The third-order valence-electron chi connectivity index (χ3n) is 3.68. The van der Waals surface area contributed by atoms with Gasteiger partial charge in [-0.2, -0.15) is 0 Å². The molecule has 3 aromatic rings. The van der Waals surface area contributed by atoms with Crippen molar-refractivity contribution >= 4 is 28.7 Å². The Balaban J connectivity index is 1.35. The summed E-state index contributed by atoms with van der Waals surface area (Å²) in [6.45, 7) is 0.886. The summed E-state index contributed by atoms with van der Waals surface area (Å²) < 4.78 is 10.7. The van der Waals surface area contributed by atoms with E-state index in [9.17, 15) is 4.79 Å². The lowest BCUT2D eigenvalue weighted by molar-refractivity contribution is 0.103. The Morgan fingerprint density at radius 1 is 1.16 bits per heavy atom. The van der Waals surface area contributed by atoms with Crippen molar-refractivity contribution < 1.29 is 14.3 Å². The van der Waals surface area contributed by atoms with Gasteiger partial charge in [-0.1, -0.05) is 12.1 Å². The highest BCUT2D eigenvalue weighted by Crippen LogP contribution is 2.32. The molecule has 1 aromatic carbocycles. The van der Waals surface area contributed by atoms with Crippen molar-refractivity contribution in [2.75, 3.05) is 17.4 Å². The average Bonchev–Trinajstić information content (AvgIpc) is 3.32. The maximum Gasteiger partial charge on any atom is 0.265 e. The fraction of sp³-hybridized carbons (Fsp3) is 0.111. The number of hydrogen-bond acceptors (Lipinski definition) is 6. The smallest absolute Gasteiger partial charge is 0.265 e. The van der Waals surface area contributed by atoms with Crippen LogP contribution in [0.1, 0.15) is 15.2 Å². The van der Waals surface area contributed by atoms with Gasteiger partial charge in [0.05, 0.1) is 16.8 Å². The van der Waals surface area contributed by atoms with E-state index >= 15 is 0 Å². The maximum atomic E-state index is 12.0. The molecule has 0 radical (unpaired) electrons. The summed E-state index contributed by atoms with van der Waals surface area (Å²) >= 11 is 1.40. The fourth-order valence-corrected chi connectivity index (χ4v) is 3.04. The zero-order chi connectivity index (χ0) is 17.1. The van der Waals surface area contributed by atoms with Crippen molar-refractivity contribution in [1.29, 1.82) is 0 Å². The molecule has 0 fully saturated rings. The number of nitrogens with zero attached hydrogens (tertiary/aromatic N) is 1. The molecule has 6 nitrogen and oxygen atoms in total. The van der Waals surface area contributed by atoms with Crippen molar-refractivity contribution in [1.82, 2.24) is 4.98 Å². The number of thiophene rings is 1. The number of ether oxygens (including phenoxy) is 2. The minimum absolute atomic E-state index is 0.127. The second-order valence-electron chi connectivity index (χ2n) is 5.40. The van der Waals surface area contributed by atoms with Crippen molar-refractivity contribution in [2.45, 2.75) is 6.54 Å². The summed E-state index contributed by atoms with van der Waals surface area (Å²) in [5.41, 5.74) is 1.73. The van der Waals surface area contributed by atoms with Gasteiger partial charge in [-0.15, -0.1) is 11.3 Å². The van der Waals surface area contributed by atoms with Gasteiger partial charge < -0.3 is 20.1 Å². The number of fused-ring (bicyclic) bond motifs is 1. The third-order valence-corrected chi connectivity index (χ3v) is 4.55. The Bertz CT molecular complexity index is 879. The Kier molecular flexibility index (Phi) is 4.22. The molecule has 2 aromatic heterocycles. The van der Waals surface area contributed by atoms with Crippen molar-refractivity contribution in [3.05, 3.63) is 64.5 Å². The SMILES string of the molecule is O=C(Nc1ccc(NCc2ccc3c(c2)OCO3)nc1)c1cccs1. The molecule has 0 atom stereocenters. The van der Waals surface area contributed by atoms with Gasteiger partial charge in [-0.05, 0) is 41.3 Å². The second kappa shape index (κ2) is 6.82. The molecule has 1 aliphatic heterocycles. The summed E-state index contributed by atoms with van der Waals surface area (Å²) in [6, 6.07) is 13.1. The number of carbonyl (C=O) groups is 1. The van der Waals surface area contributed by atoms with Crippen LogP contribution in [0.4, 0.5) is 11.5 Å². The number of hydrogen-bond donors (Lipinski definition) is 2. The molecule has 7 heteroatoms. The van der Waals surface area contributed by atoms with Crippen LogP contribution in [0.2, 0.25) is 0 Å². The van der Waals surface area contributed by atoms with Crippen LogP contribution in [0.15, 0.2) is 54.0 Å². The van der Waals surface area contributed by atoms with E-state index in [0.717, 1.165) is 22.9 Å². The van der Waals surface area contributed by atoms with E-state index in [4.69, 9.17) is 9.47 Å². The van der Waals surface area contributed by atoms with Gasteiger partial charge in [0.25, 0.3) is 5.91 Å². The second-order valence-corrected chi connectivity index (χ2v) is 6.35. The van der Waals surface area contributed by atoms with E-state index in [1.54, 1.807) is 12.3 Å². The highest BCUT2D eigenvalue weighted by Gasteiger charge is 2.13. The van der Waals surface area contributed by atoms with Crippen LogP contribution < -0.4 is 20.1 Å². The molecule has 126 valence electrons. The van der Waals surface area contributed by atoms with E-state index in [1.165, 1.54) is 11.3 Å². The van der Waals surface area contributed by atoms with Crippen LogP contribution in [0.25, 0.3) is 0 Å². The molecule has 0 saturated carbocycles. The summed E-state index contributed by atoms with van der Waals surface area (Å²) in [7, 11) is 0. The van der Waals surface area contributed by atoms with E-state index in [-0.39, 0.29) is 12.7 Å². The molecule has 1 aliphatic rings. The molecule has 2 N–H and O–H groups in total. The molecular weight excluding hydrogens is 338 g/mol. The van der Waals surface area contributed by atoms with E-state index in [2.05, 4.69) is 15.6 Å². The molecule has 0 bridgehead atoms. The molecule has 0 aliphatic carbocycles. The lowest BCUT2D eigenvalue weighted by atomic mass is 10.2. The van der Waals surface area contributed by atoms with Crippen molar-refractivity contribution in [2.24, 2.45) is 0 Å². The zero-order valence-electron chi connectivity index (χ0n) is 13.2. The number of carbonyl (C=O) groups excluding carboxylic acids is 1. The minimum atomic E-state index is -0.127. The molecule has 0 spiro atoms. The number of pyridine rings is 1. The van der Waals surface area contributed by atoms with Crippen molar-refractivity contribution in [3.63, 3.8) is 0 Å².